The fraction of sp³-hybridized carbons (Fsp3) is 0.568. The molecule has 0 bridgehead atoms. The van der Waals surface area contributed by atoms with Crippen molar-refractivity contribution in [1.29, 1.82) is 0 Å². The highest BCUT2D eigenvalue weighted by atomic mass is 16.5. The lowest BCUT2D eigenvalue weighted by atomic mass is 9.54. The molecule has 1 aromatic rings. The van der Waals surface area contributed by atoms with Crippen molar-refractivity contribution in [1.82, 2.24) is 4.90 Å². The highest BCUT2D eigenvalue weighted by Gasteiger charge is 2.69. The lowest BCUT2D eigenvalue weighted by molar-refractivity contribution is -0.185. The van der Waals surface area contributed by atoms with E-state index in [2.05, 4.69) is 20.4 Å². The second-order valence-electron chi connectivity index (χ2n) is 13.8. The number of ether oxygens (including phenoxy) is 1. The molecular formula is C37H50N2O9. The molecule has 48 heavy (non-hydrogen) atoms. The Balaban J connectivity index is 1.79. The first-order valence-electron chi connectivity index (χ1n) is 16.9. The first kappa shape index (κ1) is 36.9. The first-order valence-corrected chi connectivity index (χ1v) is 16.9. The van der Waals surface area contributed by atoms with Gasteiger partial charge in [0.15, 0.2) is 11.4 Å². The molecule has 3 aliphatic rings. The number of nitrogens with two attached hydrogens (primary N) is 1. The monoisotopic (exact) mass is 666 g/mol. The minimum absolute atomic E-state index is 0.0154. The van der Waals surface area contributed by atoms with Crippen molar-refractivity contribution >= 4 is 29.2 Å². The van der Waals surface area contributed by atoms with Crippen LogP contribution in [-0.2, 0) is 23.9 Å². The van der Waals surface area contributed by atoms with Crippen molar-refractivity contribution in [3.8, 4) is 5.75 Å². The maximum absolute atomic E-state index is 14.4. The molecule has 1 saturated carbocycles. The van der Waals surface area contributed by atoms with Gasteiger partial charge in [-0.25, -0.2) is 0 Å². The van der Waals surface area contributed by atoms with Crippen molar-refractivity contribution in [3.63, 3.8) is 0 Å². The molecule has 3 aliphatic carbocycles. The van der Waals surface area contributed by atoms with Gasteiger partial charge in [0, 0.05) is 17.9 Å². The summed E-state index contributed by atoms with van der Waals surface area (Å²) in [5.41, 5.74) is 1.61. The molecule has 4 rings (SSSR count). The van der Waals surface area contributed by atoms with Crippen molar-refractivity contribution in [2.24, 2.45) is 29.4 Å². The van der Waals surface area contributed by atoms with E-state index < -0.39 is 76.0 Å². The van der Waals surface area contributed by atoms with Gasteiger partial charge in [-0.1, -0.05) is 51.8 Å². The summed E-state index contributed by atoms with van der Waals surface area (Å²) >= 11 is 0. The molecule has 0 saturated heterocycles. The number of Topliss-reactive ketones (excluding diaryl/α,β-unsaturated/α-hetero) is 2. The number of carbonyl (C=O) groups is 4. The lowest BCUT2D eigenvalue weighted by Gasteiger charge is -2.54. The van der Waals surface area contributed by atoms with Crippen LogP contribution in [0.25, 0.3) is 5.76 Å². The predicted molar refractivity (Wildman–Crippen MR) is 180 cm³/mol. The number of phenolic OH excluding ortho intramolecular Hbond substituents is 1. The number of aliphatic hydroxyl groups excluding tert-OH is 2. The molecule has 1 fully saturated rings. The number of amides is 1. The number of benzene rings is 1. The van der Waals surface area contributed by atoms with E-state index in [-0.39, 0.29) is 23.3 Å². The zero-order valence-corrected chi connectivity index (χ0v) is 28.6. The van der Waals surface area contributed by atoms with Gasteiger partial charge in [0.1, 0.15) is 28.9 Å². The molecule has 11 nitrogen and oxygen atoms in total. The largest absolute Gasteiger partial charge is 0.508 e. The van der Waals surface area contributed by atoms with Gasteiger partial charge in [-0.2, -0.15) is 0 Å². The molecule has 1 unspecified atom stereocenters. The number of carbonyl (C=O) groups excluding carboxylic acids is 4. The molecule has 0 heterocycles. The number of phenols is 1. The summed E-state index contributed by atoms with van der Waals surface area (Å²) in [5.74, 6) is -8.66. The van der Waals surface area contributed by atoms with Gasteiger partial charge in [-0.15, -0.1) is 6.58 Å². The molecule has 1 amide bonds. The number of hydrogen-bond donors (Lipinski definition) is 5. The summed E-state index contributed by atoms with van der Waals surface area (Å²) in [7, 11) is 2.99. The second-order valence-corrected chi connectivity index (χ2v) is 13.8. The third-order valence-electron chi connectivity index (χ3n) is 10.8. The topological polar surface area (TPSA) is 188 Å². The van der Waals surface area contributed by atoms with Gasteiger partial charge < -0.3 is 30.9 Å². The van der Waals surface area contributed by atoms with E-state index in [9.17, 15) is 39.6 Å². The average molecular weight is 667 g/mol. The number of ketones is 2. The fourth-order valence-electron chi connectivity index (χ4n) is 8.26. The Morgan fingerprint density at radius 1 is 1.10 bits per heavy atom. The van der Waals surface area contributed by atoms with E-state index in [1.807, 2.05) is 6.08 Å². The minimum Gasteiger partial charge on any atom is -0.508 e. The van der Waals surface area contributed by atoms with E-state index in [0.717, 1.165) is 38.5 Å². The van der Waals surface area contributed by atoms with Crippen LogP contribution in [0.5, 0.6) is 5.75 Å². The van der Waals surface area contributed by atoms with Gasteiger partial charge in [-0.3, -0.25) is 24.1 Å². The van der Waals surface area contributed by atoms with E-state index >= 15 is 0 Å². The smallest absolute Gasteiger partial charge is 0.306 e. The SMILES string of the molecule is C=CCCC(CCCC(=O)O[C@H]1[C@H]2C(=C(O)c3c(O)cccc3[C@@H]2C)C(=O)[C@]2(O)C(O)=C(C(N)=O)C(=O)[C@@H](N(C)C)[C@H]12)CC(CC)CC. The van der Waals surface area contributed by atoms with Crippen molar-refractivity contribution in [3.05, 3.63) is 58.9 Å². The third kappa shape index (κ3) is 6.30. The molecule has 6 N–H and O–H groups in total. The number of aliphatic hydroxyl groups is 3. The molecule has 0 aromatic heterocycles. The van der Waals surface area contributed by atoms with Gasteiger partial charge in [0.05, 0.1) is 17.5 Å². The summed E-state index contributed by atoms with van der Waals surface area (Å²) in [6.07, 6.45) is 6.78. The molecule has 0 spiro atoms. The fourth-order valence-corrected chi connectivity index (χ4v) is 8.26. The molecule has 7 atom stereocenters. The maximum Gasteiger partial charge on any atom is 0.306 e. The number of allylic oxidation sites excluding steroid dienone is 1. The number of likely N-dealkylation sites (N-methyl/N-ethyl adjacent to an activating group) is 1. The summed E-state index contributed by atoms with van der Waals surface area (Å²) in [5, 5.41) is 45.8. The molecular weight excluding hydrogens is 616 g/mol. The van der Waals surface area contributed by atoms with Crippen LogP contribution in [0.15, 0.2) is 47.8 Å². The zero-order chi connectivity index (χ0) is 35.7. The number of nitrogens with zero attached hydrogens (tertiary/aromatic N) is 1. The second kappa shape index (κ2) is 14.7. The Hall–Kier alpha value is -3.96. The highest BCUT2D eigenvalue weighted by molar-refractivity contribution is 6.24. The van der Waals surface area contributed by atoms with Gasteiger partial charge in [-0.05, 0) is 75.6 Å². The number of rotatable bonds is 14. The summed E-state index contributed by atoms with van der Waals surface area (Å²) in [4.78, 5) is 55.6. The van der Waals surface area contributed by atoms with Gasteiger partial charge in [0.25, 0.3) is 5.91 Å². The number of esters is 1. The predicted octanol–water partition coefficient (Wildman–Crippen LogP) is 4.63. The lowest BCUT2D eigenvalue weighted by Crippen LogP contribution is -2.71. The summed E-state index contributed by atoms with van der Waals surface area (Å²) in [6, 6.07) is 3.16. The van der Waals surface area contributed by atoms with Crippen molar-refractivity contribution in [2.45, 2.75) is 95.8 Å². The molecule has 11 heteroatoms. The third-order valence-corrected chi connectivity index (χ3v) is 10.8. The van der Waals surface area contributed by atoms with Crippen molar-refractivity contribution in [2.75, 3.05) is 14.1 Å². The van der Waals surface area contributed by atoms with Crippen molar-refractivity contribution < 1.29 is 44.3 Å². The Bertz CT molecular complexity index is 1520. The van der Waals surface area contributed by atoms with Crippen LogP contribution in [0, 0.1) is 23.7 Å². The van der Waals surface area contributed by atoms with Crippen LogP contribution in [-0.4, -0.2) is 80.6 Å². The Morgan fingerprint density at radius 3 is 2.35 bits per heavy atom. The van der Waals surface area contributed by atoms with E-state index in [1.54, 1.807) is 19.1 Å². The minimum atomic E-state index is -2.97. The average Bonchev–Trinajstić information content (AvgIpc) is 3.03. The van der Waals surface area contributed by atoms with Crippen LogP contribution in [0.2, 0.25) is 0 Å². The van der Waals surface area contributed by atoms with Gasteiger partial charge >= 0.3 is 5.97 Å². The zero-order valence-electron chi connectivity index (χ0n) is 28.6. The van der Waals surface area contributed by atoms with E-state index in [1.165, 1.54) is 25.1 Å². The Kier molecular flexibility index (Phi) is 11.3. The molecule has 0 aliphatic heterocycles. The summed E-state index contributed by atoms with van der Waals surface area (Å²) in [6.45, 7) is 9.93. The number of hydrogen-bond acceptors (Lipinski definition) is 10. The first-order chi connectivity index (χ1) is 22.7. The van der Waals surface area contributed by atoms with E-state index in [4.69, 9.17) is 10.5 Å². The summed E-state index contributed by atoms with van der Waals surface area (Å²) < 4.78 is 6.16. The maximum atomic E-state index is 14.4. The quantitative estimate of drug-likeness (QED) is 0.106. The van der Waals surface area contributed by atoms with Crippen LogP contribution >= 0.6 is 0 Å². The normalized spacial score (nSPS) is 27.5. The van der Waals surface area contributed by atoms with Gasteiger partial charge in [0.2, 0.25) is 5.78 Å². The molecule has 0 radical (unpaired) electrons. The molecule has 262 valence electrons. The van der Waals surface area contributed by atoms with Crippen LogP contribution < -0.4 is 5.73 Å². The Morgan fingerprint density at radius 2 is 1.77 bits per heavy atom. The Labute approximate surface area is 282 Å². The standard InChI is InChI=1S/C37H50N2O9/c1-7-10-13-21(18-20(8-2)9-3)14-11-17-24(41)48-33-25-19(4)22-15-12-16-23(40)26(22)31(42)27(25)34(44)37(47)29(33)30(39(5)6)32(43)28(35(37)45)36(38)46/h7,12,15-16,19-21,25,29-30,33,40,42,45,47H,1,8-11,13-14,17-18H2,2-6H3,(H2,38,46)/t19-,21?,25+,29+,30-,33-,37-/m0/s1. The molecule has 1 aromatic carbocycles. The highest BCUT2D eigenvalue weighted by Crippen LogP contribution is 2.57. The number of primary amides is 1. The van der Waals surface area contributed by atoms with Crippen LogP contribution in [0.1, 0.15) is 89.2 Å². The number of fused-ring (bicyclic) bond motifs is 3. The van der Waals surface area contributed by atoms with E-state index in [0.29, 0.717) is 23.8 Å². The van der Waals surface area contributed by atoms with Crippen LogP contribution in [0.3, 0.4) is 0 Å². The van der Waals surface area contributed by atoms with Crippen LogP contribution in [0.4, 0.5) is 0 Å². The number of aromatic hydroxyl groups is 1.